The topological polar surface area (TPSA) is 41.1 Å². The number of thiophene rings is 1. The van der Waals surface area contributed by atoms with Crippen LogP contribution in [-0.4, -0.2) is 19.0 Å². The molecule has 1 atom stereocenters. The van der Waals surface area contributed by atoms with E-state index in [0.717, 1.165) is 10.4 Å². The number of hydrogen-bond donors (Lipinski definition) is 2. The fraction of sp³-hybridized carbons (Fsp3) is 0.227. The van der Waals surface area contributed by atoms with Crippen LogP contribution in [0.5, 0.6) is 0 Å². The molecule has 0 bridgehead atoms. The second-order valence-electron chi connectivity index (χ2n) is 6.43. The van der Waals surface area contributed by atoms with Crippen LogP contribution in [0.4, 0.5) is 4.39 Å². The summed E-state index contributed by atoms with van der Waals surface area (Å²) in [7, 11) is 0. The quantitative estimate of drug-likeness (QED) is 0.612. The lowest BCUT2D eigenvalue weighted by atomic mass is 10.0. The Balaban J connectivity index is 1.54. The molecule has 0 fully saturated rings. The molecule has 0 radical (unpaired) electrons. The van der Waals surface area contributed by atoms with Crippen LogP contribution in [0, 0.1) is 12.7 Å². The average Bonchev–Trinajstić information content (AvgIpc) is 3.19. The van der Waals surface area contributed by atoms with Crippen molar-refractivity contribution in [1.82, 2.24) is 10.6 Å². The van der Waals surface area contributed by atoms with Crippen molar-refractivity contribution in [3.63, 3.8) is 0 Å². The molecule has 0 aliphatic carbocycles. The van der Waals surface area contributed by atoms with Gasteiger partial charge in [0.25, 0.3) is 0 Å². The summed E-state index contributed by atoms with van der Waals surface area (Å²) in [6.45, 7) is 2.67. The van der Waals surface area contributed by atoms with Crippen LogP contribution in [0.2, 0.25) is 0 Å². The van der Waals surface area contributed by atoms with Gasteiger partial charge in [-0.15, -0.1) is 11.3 Å². The zero-order chi connectivity index (χ0) is 19.1. The lowest BCUT2D eigenvalue weighted by Crippen LogP contribution is -2.36. The first-order chi connectivity index (χ1) is 13.1. The molecule has 1 heterocycles. The minimum absolute atomic E-state index is 0.0251. The summed E-state index contributed by atoms with van der Waals surface area (Å²) in [4.78, 5) is 13.4. The largest absolute Gasteiger partial charge is 0.355 e. The van der Waals surface area contributed by atoms with E-state index in [4.69, 9.17) is 0 Å². The number of carbonyl (C=O) groups excluding carboxylic acids is 1. The van der Waals surface area contributed by atoms with Crippen LogP contribution in [0.15, 0.2) is 66.0 Å². The average molecular weight is 383 g/mol. The Bertz CT molecular complexity index is 862. The molecule has 2 aromatic carbocycles. The zero-order valence-electron chi connectivity index (χ0n) is 15.2. The standard InChI is InChI=1S/C22H23FN2OS/c1-16-8-10-18(11-9-16)22(20-7-4-14-27-20)25-15-21(26)24-13-12-17-5-2-3-6-19(17)23/h2-11,14,22,25H,12-13,15H2,1H3,(H,24,26)/t22-/m0/s1. The molecule has 27 heavy (non-hydrogen) atoms. The van der Waals surface area contributed by atoms with Crippen LogP contribution in [-0.2, 0) is 11.2 Å². The Morgan fingerprint density at radius 2 is 1.85 bits per heavy atom. The van der Waals surface area contributed by atoms with Crippen molar-refractivity contribution in [2.24, 2.45) is 0 Å². The Labute approximate surface area is 163 Å². The highest BCUT2D eigenvalue weighted by Crippen LogP contribution is 2.26. The molecule has 3 aromatic rings. The Morgan fingerprint density at radius 1 is 1.07 bits per heavy atom. The summed E-state index contributed by atoms with van der Waals surface area (Å²) in [5.41, 5.74) is 2.94. The van der Waals surface area contributed by atoms with E-state index in [2.05, 4.69) is 47.9 Å². The molecule has 1 amide bonds. The summed E-state index contributed by atoms with van der Waals surface area (Å²) in [5.74, 6) is -0.331. The van der Waals surface area contributed by atoms with E-state index in [1.165, 1.54) is 11.6 Å². The number of nitrogens with one attached hydrogen (secondary N) is 2. The maximum atomic E-state index is 13.6. The van der Waals surface area contributed by atoms with E-state index in [0.29, 0.717) is 18.5 Å². The number of aryl methyl sites for hydroxylation is 1. The van der Waals surface area contributed by atoms with Gasteiger partial charge in [0.15, 0.2) is 0 Å². The van der Waals surface area contributed by atoms with Crippen molar-refractivity contribution in [3.8, 4) is 0 Å². The van der Waals surface area contributed by atoms with Crippen molar-refractivity contribution in [2.45, 2.75) is 19.4 Å². The fourth-order valence-electron chi connectivity index (χ4n) is 2.89. The van der Waals surface area contributed by atoms with E-state index < -0.39 is 0 Å². The van der Waals surface area contributed by atoms with Gasteiger partial charge in [-0.2, -0.15) is 0 Å². The molecule has 0 saturated carbocycles. The number of carbonyl (C=O) groups is 1. The lowest BCUT2D eigenvalue weighted by Gasteiger charge is -2.18. The second-order valence-corrected chi connectivity index (χ2v) is 7.41. The van der Waals surface area contributed by atoms with Crippen molar-refractivity contribution in [1.29, 1.82) is 0 Å². The third-order valence-corrected chi connectivity index (χ3v) is 5.32. The molecule has 5 heteroatoms. The Hall–Kier alpha value is -2.50. The van der Waals surface area contributed by atoms with Gasteiger partial charge in [0.1, 0.15) is 5.82 Å². The highest BCUT2D eigenvalue weighted by molar-refractivity contribution is 7.10. The molecule has 140 valence electrons. The van der Waals surface area contributed by atoms with Gasteiger partial charge in [-0.3, -0.25) is 10.1 Å². The van der Waals surface area contributed by atoms with E-state index in [1.807, 2.05) is 11.4 Å². The van der Waals surface area contributed by atoms with Crippen LogP contribution < -0.4 is 10.6 Å². The van der Waals surface area contributed by atoms with Crippen molar-refractivity contribution < 1.29 is 9.18 Å². The molecule has 3 nitrogen and oxygen atoms in total. The number of hydrogen-bond acceptors (Lipinski definition) is 3. The third-order valence-electron chi connectivity index (χ3n) is 4.38. The first-order valence-corrected chi connectivity index (χ1v) is 9.85. The molecule has 0 aliphatic rings. The van der Waals surface area contributed by atoms with Crippen molar-refractivity contribution >= 4 is 17.2 Å². The van der Waals surface area contributed by atoms with Crippen LogP contribution in [0.1, 0.15) is 27.6 Å². The second kappa shape index (κ2) is 9.44. The Morgan fingerprint density at radius 3 is 2.56 bits per heavy atom. The van der Waals surface area contributed by atoms with Gasteiger partial charge in [-0.05, 0) is 42.0 Å². The number of benzene rings is 2. The van der Waals surface area contributed by atoms with Gasteiger partial charge in [-0.1, -0.05) is 54.1 Å². The van der Waals surface area contributed by atoms with Gasteiger partial charge in [0, 0.05) is 11.4 Å². The van der Waals surface area contributed by atoms with Gasteiger partial charge < -0.3 is 5.32 Å². The minimum atomic E-state index is -0.234. The first kappa shape index (κ1) is 19.3. The molecular formula is C22H23FN2OS. The summed E-state index contributed by atoms with van der Waals surface area (Å²) in [6, 6.07) is 19.0. The van der Waals surface area contributed by atoms with Gasteiger partial charge >= 0.3 is 0 Å². The number of amides is 1. The SMILES string of the molecule is Cc1ccc([C@H](NCC(=O)NCCc2ccccc2F)c2cccs2)cc1. The molecule has 3 rings (SSSR count). The fourth-order valence-corrected chi connectivity index (χ4v) is 3.72. The maximum Gasteiger partial charge on any atom is 0.233 e. The molecule has 0 unspecified atom stereocenters. The molecule has 0 saturated heterocycles. The summed E-state index contributed by atoms with van der Waals surface area (Å²) < 4.78 is 13.6. The first-order valence-electron chi connectivity index (χ1n) is 8.97. The van der Waals surface area contributed by atoms with Crippen molar-refractivity contribution in [2.75, 3.05) is 13.1 Å². The third kappa shape index (κ3) is 5.49. The predicted octanol–water partition coefficient (Wildman–Crippen LogP) is 4.23. The number of rotatable bonds is 8. The van der Waals surface area contributed by atoms with Crippen LogP contribution in [0.3, 0.4) is 0 Å². The molecule has 2 N–H and O–H groups in total. The van der Waals surface area contributed by atoms with E-state index in [9.17, 15) is 9.18 Å². The van der Waals surface area contributed by atoms with Gasteiger partial charge in [-0.25, -0.2) is 4.39 Å². The molecule has 0 spiro atoms. The molecular weight excluding hydrogens is 359 g/mol. The summed E-state index contributed by atoms with van der Waals surface area (Å²) >= 11 is 1.66. The number of halogens is 1. The highest BCUT2D eigenvalue weighted by Gasteiger charge is 2.16. The van der Waals surface area contributed by atoms with E-state index >= 15 is 0 Å². The van der Waals surface area contributed by atoms with Crippen LogP contribution in [0.25, 0.3) is 0 Å². The van der Waals surface area contributed by atoms with Crippen LogP contribution >= 0.6 is 11.3 Å². The summed E-state index contributed by atoms with van der Waals surface area (Å²) in [6.07, 6.45) is 0.477. The van der Waals surface area contributed by atoms with Gasteiger partial charge in [0.05, 0.1) is 12.6 Å². The molecule has 1 aromatic heterocycles. The Kier molecular flexibility index (Phi) is 6.74. The minimum Gasteiger partial charge on any atom is -0.355 e. The smallest absolute Gasteiger partial charge is 0.233 e. The molecule has 0 aliphatic heterocycles. The lowest BCUT2D eigenvalue weighted by molar-refractivity contribution is -0.120. The monoisotopic (exact) mass is 382 g/mol. The zero-order valence-corrected chi connectivity index (χ0v) is 16.1. The van der Waals surface area contributed by atoms with Gasteiger partial charge in [0.2, 0.25) is 5.91 Å². The van der Waals surface area contributed by atoms with Crippen molar-refractivity contribution in [3.05, 3.63) is 93.4 Å². The van der Waals surface area contributed by atoms with E-state index in [1.54, 1.807) is 29.5 Å². The van der Waals surface area contributed by atoms with E-state index in [-0.39, 0.29) is 24.3 Å². The maximum absolute atomic E-state index is 13.6. The highest BCUT2D eigenvalue weighted by atomic mass is 32.1. The summed E-state index contributed by atoms with van der Waals surface area (Å²) in [5, 5.41) is 8.23. The predicted molar refractivity (Wildman–Crippen MR) is 108 cm³/mol. The normalized spacial score (nSPS) is 11.9.